The summed E-state index contributed by atoms with van der Waals surface area (Å²) >= 11 is 0. The highest BCUT2D eigenvalue weighted by Crippen LogP contribution is 2.34. The molecule has 2 aromatic rings. The number of nitrogens with two attached hydrogens (primary N) is 1. The third kappa shape index (κ3) is 3.80. The second-order valence-electron chi connectivity index (χ2n) is 5.81. The van der Waals surface area contributed by atoms with Crippen molar-refractivity contribution in [3.8, 4) is 5.75 Å². The smallest absolute Gasteiger partial charge is 0.253 e. The van der Waals surface area contributed by atoms with Crippen LogP contribution in [-0.2, 0) is 4.79 Å². The number of amides is 2. The van der Waals surface area contributed by atoms with Crippen molar-refractivity contribution >= 4 is 17.5 Å². The van der Waals surface area contributed by atoms with Crippen LogP contribution in [0.25, 0.3) is 0 Å². The van der Waals surface area contributed by atoms with Crippen molar-refractivity contribution in [1.29, 1.82) is 0 Å². The van der Waals surface area contributed by atoms with E-state index >= 15 is 0 Å². The first-order valence-electron chi connectivity index (χ1n) is 8.30. The van der Waals surface area contributed by atoms with Crippen LogP contribution in [0, 0.1) is 0 Å². The molecule has 1 atom stereocenters. The molecule has 4 N–H and O–H groups in total. The van der Waals surface area contributed by atoms with Crippen molar-refractivity contribution in [2.45, 2.75) is 12.3 Å². The van der Waals surface area contributed by atoms with Crippen molar-refractivity contribution in [3.05, 3.63) is 59.7 Å². The monoisotopic (exact) mass is 339 g/mol. The van der Waals surface area contributed by atoms with Gasteiger partial charge in [-0.2, -0.15) is 0 Å². The summed E-state index contributed by atoms with van der Waals surface area (Å²) in [5.74, 6) is 0.0385. The van der Waals surface area contributed by atoms with Gasteiger partial charge in [0.1, 0.15) is 5.75 Å². The van der Waals surface area contributed by atoms with Crippen molar-refractivity contribution < 1.29 is 14.3 Å². The number of para-hydroxylation sites is 2. The van der Waals surface area contributed by atoms with E-state index in [1.54, 1.807) is 24.3 Å². The largest absolute Gasteiger partial charge is 0.493 e. The highest BCUT2D eigenvalue weighted by atomic mass is 16.5. The molecule has 0 aliphatic carbocycles. The van der Waals surface area contributed by atoms with Gasteiger partial charge in [0.25, 0.3) is 5.91 Å². The van der Waals surface area contributed by atoms with Gasteiger partial charge in [-0.15, -0.1) is 0 Å². The fourth-order valence-electron chi connectivity index (χ4n) is 2.91. The molecule has 3 rings (SSSR count). The molecular weight excluding hydrogens is 318 g/mol. The van der Waals surface area contributed by atoms with Crippen LogP contribution in [0.5, 0.6) is 5.75 Å². The van der Waals surface area contributed by atoms with Gasteiger partial charge < -0.3 is 21.1 Å². The van der Waals surface area contributed by atoms with E-state index < -0.39 is 0 Å². The van der Waals surface area contributed by atoms with Crippen LogP contribution < -0.4 is 21.1 Å². The third-order valence-electron chi connectivity index (χ3n) is 4.13. The van der Waals surface area contributed by atoms with Crippen LogP contribution >= 0.6 is 0 Å². The van der Waals surface area contributed by atoms with Crippen molar-refractivity contribution in [2.75, 3.05) is 25.0 Å². The van der Waals surface area contributed by atoms with Gasteiger partial charge in [0.15, 0.2) is 0 Å². The summed E-state index contributed by atoms with van der Waals surface area (Å²) in [6, 6.07) is 14.5. The van der Waals surface area contributed by atoms with E-state index in [2.05, 4.69) is 10.6 Å². The molecule has 0 saturated carbocycles. The number of carbonyl (C=O) groups excluding carboxylic acids is 2. The molecule has 0 aromatic heterocycles. The average Bonchev–Trinajstić information content (AvgIpc) is 2.66. The minimum Gasteiger partial charge on any atom is -0.493 e. The van der Waals surface area contributed by atoms with Gasteiger partial charge in [-0.25, -0.2) is 0 Å². The van der Waals surface area contributed by atoms with Crippen LogP contribution in [0.1, 0.15) is 28.3 Å². The van der Waals surface area contributed by atoms with Crippen LogP contribution in [0.3, 0.4) is 0 Å². The number of ether oxygens (including phenoxy) is 1. The van der Waals surface area contributed by atoms with Gasteiger partial charge >= 0.3 is 0 Å². The maximum Gasteiger partial charge on any atom is 0.253 e. The van der Waals surface area contributed by atoms with E-state index in [0.29, 0.717) is 37.4 Å². The minimum atomic E-state index is -0.301. The zero-order valence-electron chi connectivity index (χ0n) is 13.8. The molecule has 2 aromatic carbocycles. The summed E-state index contributed by atoms with van der Waals surface area (Å²) in [5.41, 5.74) is 7.20. The number of hydrogen-bond donors (Lipinski definition) is 3. The topological polar surface area (TPSA) is 93.5 Å². The summed E-state index contributed by atoms with van der Waals surface area (Å²) in [5, 5.41) is 5.61. The maximum atomic E-state index is 12.8. The van der Waals surface area contributed by atoms with Gasteiger partial charge in [0, 0.05) is 18.7 Å². The molecule has 0 radical (unpaired) electrons. The lowest BCUT2D eigenvalue weighted by Crippen LogP contribution is -2.31. The Balaban J connectivity index is 1.79. The summed E-state index contributed by atoms with van der Waals surface area (Å²) in [6.45, 7) is 1.24. The Kier molecular flexibility index (Phi) is 5.30. The number of rotatable bonds is 5. The van der Waals surface area contributed by atoms with Crippen molar-refractivity contribution in [3.63, 3.8) is 0 Å². The SMILES string of the molecule is NCCNC(=O)c1ccccc1NC(=O)C1CCOc2ccccc21. The zero-order chi connectivity index (χ0) is 17.6. The summed E-state index contributed by atoms with van der Waals surface area (Å²) in [7, 11) is 0. The third-order valence-corrected chi connectivity index (χ3v) is 4.13. The van der Waals surface area contributed by atoms with Gasteiger partial charge in [0.2, 0.25) is 5.91 Å². The molecule has 6 nitrogen and oxygen atoms in total. The van der Waals surface area contributed by atoms with Crippen LogP contribution in [0.15, 0.2) is 48.5 Å². The highest BCUT2D eigenvalue weighted by Gasteiger charge is 2.28. The molecule has 0 spiro atoms. The lowest BCUT2D eigenvalue weighted by atomic mass is 9.92. The molecule has 25 heavy (non-hydrogen) atoms. The quantitative estimate of drug-likeness (QED) is 0.775. The van der Waals surface area contributed by atoms with Crippen LogP contribution in [0.4, 0.5) is 5.69 Å². The Morgan fingerprint density at radius 3 is 2.72 bits per heavy atom. The average molecular weight is 339 g/mol. The van der Waals surface area contributed by atoms with Crippen molar-refractivity contribution in [2.24, 2.45) is 5.73 Å². The standard InChI is InChI=1S/C19H21N3O3/c20-10-11-21-18(23)15-6-1-3-7-16(15)22-19(24)14-9-12-25-17-8-4-2-5-13(14)17/h1-8,14H,9-12,20H2,(H,21,23)(H,22,24). The second-order valence-corrected chi connectivity index (χ2v) is 5.81. The number of anilines is 1. The van der Waals surface area contributed by atoms with Gasteiger partial charge in [-0.1, -0.05) is 30.3 Å². The minimum absolute atomic E-state index is 0.144. The Bertz CT molecular complexity index is 776. The number of nitrogens with one attached hydrogen (secondary N) is 2. The molecule has 130 valence electrons. The lowest BCUT2D eigenvalue weighted by Gasteiger charge is -2.25. The fraction of sp³-hybridized carbons (Fsp3) is 0.263. The molecule has 1 aliphatic heterocycles. The predicted molar refractivity (Wildman–Crippen MR) is 95.8 cm³/mol. The van der Waals surface area contributed by atoms with E-state index in [1.807, 2.05) is 24.3 Å². The first-order valence-corrected chi connectivity index (χ1v) is 8.30. The van der Waals surface area contributed by atoms with Crippen LogP contribution in [0.2, 0.25) is 0 Å². The van der Waals surface area contributed by atoms with E-state index in [-0.39, 0.29) is 17.7 Å². The molecule has 6 heteroatoms. The first kappa shape index (κ1) is 17.0. The van der Waals surface area contributed by atoms with E-state index in [0.717, 1.165) is 11.3 Å². The van der Waals surface area contributed by atoms with Crippen molar-refractivity contribution in [1.82, 2.24) is 5.32 Å². The molecule has 0 bridgehead atoms. The van der Waals surface area contributed by atoms with Gasteiger partial charge in [0.05, 0.1) is 23.8 Å². The number of fused-ring (bicyclic) bond motifs is 1. The highest BCUT2D eigenvalue weighted by molar-refractivity contribution is 6.05. The Hall–Kier alpha value is -2.86. The summed E-state index contributed by atoms with van der Waals surface area (Å²) < 4.78 is 5.60. The lowest BCUT2D eigenvalue weighted by molar-refractivity contribution is -0.118. The predicted octanol–water partition coefficient (Wildman–Crippen LogP) is 1.88. The molecule has 1 unspecified atom stereocenters. The molecule has 1 aliphatic rings. The molecular formula is C19H21N3O3. The normalized spacial score (nSPS) is 15.6. The summed E-state index contributed by atoms with van der Waals surface area (Å²) in [6.07, 6.45) is 0.602. The number of benzene rings is 2. The molecule has 0 fully saturated rings. The first-order chi connectivity index (χ1) is 12.2. The summed E-state index contributed by atoms with van der Waals surface area (Å²) in [4.78, 5) is 25.0. The van der Waals surface area contributed by atoms with Gasteiger partial charge in [-0.3, -0.25) is 9.59 Å². The fourth-order valence-corrected chi connectivity index (χ4v) is 2.91. The Labute approximate surface area is 146 Å². The maximum absolute atomic E-state index is 12.8. The molecule has 0 saturated heterocycles. The Morgan fingerprint density at radius 1 is 1.12 bits per heavy atom. The van der Waals surface area contributed by atoms with Gasteiger partial charge in [-0.05, 0) is 24.6 Å². The molecule has 2 amide bonds. The number of carbonyl (C=O) groups is 2. The second kappa shape index (κ2) is 7.81. The number of hydrogen-bond acceptors (Lipinski definition) is 4. The van der Waals surface area contributed by atoms with E-state index in [4.69, 9.17) is 10.5 Å². The van der Waals surface area contributed by atoms with E-state index in [9.17, 15) is 9.59 Å². The van der Waals surface area contributed by atoms with E-state index in [1.165, 1.54) is 0 Å². The molecule has 1 heterocycles. The zero-order valence-corrected chi connectivity index (χ0v) is 13.8. The van der Waals surface area contributed by atoms with Crippen LogP contribution in [-0.4, -0.2) is 31.5 Å². The Morgan fingerprint density at radius 2 is 1.88 bits per heavy atom.